The summed E-state index contributed by atoms with van der Waals surface area (Å²) in [6.45, 7) is 6.47. The summed E-state index contributed by atoms with van der Waals surface area (Å²) in [6, 6.07) is 23.2. The Kier molecular flexibility index (Phi) is 5.94. The van der Waals surface area contributed by atoms with Crippen molar-refractivity contribution in [1.82, 2.24) is 4.98 Å². The van der Waals surface area contributed by atoms with Gasteiger partial charge in [-0.3, -0.25) is 4.79 Å². The summed E-state index contributed by atoms with van der Waals surface area (Å²) in [5.41, 5.74) is 5.33. The van der Waals surface area contributed by atoms with Crippen molar-refractivity contribution < 1.29 is 4.79 Å². The van der Waals surface area contributed by atoms with Gasteiger partial charge in [-0.2, -0.15) is 0 Å². The van der Waals surface area contributed by atoms with Crippen LogP contribution in [0.15, 0.2) is 78.2 Å². The molecule has 0 bridgehead atoms. The first kappa shape index (κ1) is 21.3. The van der Waals surface area contributed by atoms with Gasteiger partial charge < -0.3 is 5.32 Å². The van der Waals surface area contributed by atoms with Crippen molar-refractivity contribution in [2.75, 3.05) is 5.32 Å². The van der Waals surface area contributed by atoms with Gasteiger partial charge in [0.25, 0.3) is 5.91 Å². The lowest BCUT2D eigenvalue weighted by molar-refractivity contribution is 0.102. The van der Waals surface area contributed by atoms with Crippen LogP contribution in [0.5, 0.6) is 0 Å². The number of anilines is 1. The maximum Gasteiger partial charge on any atom is 0.255 e. The van der Waals surface area contributed by atoms with E-state index in [0.29, 0.717) is 10.6 Å². The van der Waals surface area contributed by atoms with Gasteiger partial charge in [-0.05, 0) is 41.3 Å². The molecule has 0 saturated heterocycles. The molecule has 3 aromatic carbocycles. The molecule has 4 aromatic rings. The number of rotatable bonds is 4. The predicted octanol–water partition coefficient (Wildman–Crippen LogP) is 7.68. The molecule has 3 nitrogen and oxygen atoms in total. The van der Waals surface area contributed by atoms with E-state index in [2.05, 4.69) is 26.1 Å². The van der Waals surface area contributed by atoms with Crippen molar-refractivity contribution in [1.29, 1.82) is 0 Å². The smallest absolute Gasteiger partial charge is 0.255 e. The highest BCUT2D eigenvalue weighted by atomic mass is 35.5. The number of hydrogen-bond acceptors (Lipinski definition) is 3. The first-order valence-corrected chi connectivity index (χ1v) is 11.3. The van der Waals surface area contributed by atoms with E-state index in [1.54, 1.807) is 11.3 Å². The van der Waals surface area contributed by atoms with E-state index < -0.39 is 0 Å². The fourth-order valence-electron chi connectivity index (χ4n) is 3.25. The van der Waals surface area contributed by atoms with Crippen LogP contribution >= 0.6 is 22.9 Å². The Morgan fingerprint density at radius 3 is 2.42 bits per heavy atom. The Hall–Kier alpha value is -2.95. The quantitative estimate of drug-likeness (QED) is 0.349. The number of carbonyl (C=O) groups is 1. The van der Waals surface area contributed by atoms with E-state index >= 15 is 0 Å². The second-order valence-electron chi connectivity index (χ2n) is 8.38. The van der Waals surface area contributed by atoms with Gasteiger partial charge in [0.2, 0.25) is 0 Å². The molecule has 1 amide bonds. The van der Waals surface area contributed by atoms with Gasteiger partial charge in [0.15, 0.2) is 0 Å². The molecule has 156 valence electrons. The number of benzene rings is 3. The Bertz CT molecular complexity index is 1220. The van der Waals surface area contributed by atoms with Crippen molar-refractivity contribution >= 4 is 34.5 Å². The van der Waals surface area contributed by atoms with Crippen LogP contribution in [0.1, 0.15) is 36.7 Å². The molecule has 0 aliphatic heterocycles. The number of carbonyl (C=O) groups excluding carboxylic acids is 1. The first-order valence-electron chi connectivity index (χ1n) is 10.0. The third kappa shape index (κ3) is 4.87. The van der Waals surface area contributed by atoms with Gasteiger partial charge in [-0.25, -0.2) is 4.98 Å². The summed E-state index contributed by atoms with van der Waals surface area (Å²) in [6.07, 6.45) is 0. The van der Waals surface area contributed by atoms with E-state index in [0.717, 1.165) is 27.5 Å². The van der Waals surface area contributed by atoms with E-state index in [-0.39, 0.29) is 11.3 Å². The molecule has 0 atom stereocenters. The molecule has 0 aliphatic rings. The molecular weight excluding hydrogens is 424 g/mol. The van der Waals surface area contributed by atoms with Crippen molar-refractivity contribution in [2.24, 2.45) is 0 Å². The van der Waals surface area contributed by atoms with Crippen LogP contribution in [0.3, 0.4) is 0 Å². The van der Waals surface area contributed by atoms with Gasteiger partial charge in [0.05, 0.1) is 10.7 Å². The lowest BCUT2D eigenvalue weighted by atomic mass is 9.87. The largest absolute Gasteiger partial charge is 0.322 e. The second-order valence-corrected chi connectivity index (χ2v) is 9.65. The molecule has 0 unspecified atom stereocenters. The molecule has 0 saturated carbocycles. The molecule has 31 heavy (non-hydrogen) atoms. The van der Waals surface area contributed by atoms with Crippen molar-refractivity contribution in [3.05, 3.63) is 94.3 Å². The molecule has 0 radical (unpaired) electrons. The fraction of sp³-hybridized carbons (Fsp3) is 0.154. The number of thiazole rings is 1. The zero-order chi connectivity index (χ0) is 22.0. The molecule has 1 N–H and O–H groups in total. The molecule has 4 rings (SSSR count). The maximum absolute atomic E-state index is 12.7. The minimum absolute atomic E-state index is 0.0553. The highest BCUT2D eigenvalue weighted by molar-refractivity contribution is 7.13. The Balaban J connectivity index is 1.53. The van der Waals surface area contributed by atoms with Gasteiger partial charge in [0, 0.05) is 27.8 Å². The average Bonchev–Trinajstić information content (AvgIpc) is 3.24. The molecule has 5 heteroatoms. The highest BCUT2D eigenvalue weighted by Gasteiger charge is 2.15. The number of halogens is 1. The standard InChI is InChI=1S/C26H23ClN2OS/c1-26(2,3)19-13-11-17(12-14-19)24(30)28-20-8-6-7-18(15-20)23-16-31-25(29-23)21-9-4-5-10-22(21)27/h4-16H,1-3H3,(H,28,30). The maximum atomic E-state index is 12.7. The summed E-state index contributed by atoms with van der Waals surface area (Å²) in [7, 11) is 0. The minimum atomic E-state index is -0.132. The summed E-state index contributed by atoms with van der Waals surface area (Å²) in [4.78, 5) is 17.5. The lowest BCUT2D eigenvalue weighted by Crippen LogP contribution is -2.14. The van der Waals surface area contributed by atoms with Crippen molar-refractivity contribution in [2.45, 2.75) is 26.2 Å². The number of nitrogens with one attached hydrogen (secondary N) is 1. The summed E-state index contributed by atoms with van der Waals surface area (Å²) in [5.74, 6) is -0.132. The molecule has 0 spiro atoms. The predicted molar refractivity (Wildman–Crippen MR) is 131 cm³/mol. The minimum Gasteiger partial charge on any atom is -0.322 e. The molecule has 1 heterocycles. The van der Waals surface area contributed by atoms with Crippen LogP contribution in [-0.2, 0) is 5.41 Å². The number of hydrogen-bond donors (Lipinski definition) is 1. The molecule has 0 aliphatic carbocycles. The third-order valence-electron chi connectivity index (χ3n) is 5.04. The summed E-state index contributed by atoms with van der Waals surface area (Å²) in [5, 5.41) is 6.55. The van der Waals surface area contributed by atoms with Crippen LogP contribution in [0.25, 0.3) is 21.8 Å². The lowest BCUT2D eigenvalue weighted by Gasteiger charge is -2.19. The zero-order valence-electron chi connectivity index (χ0n) is 17.6. The normalized spacial score (nSPS) is 11.4. The number of aromatic nitrogens is 1. The van der Waals surface area contributed by atoms with Gasteiger partial charge in [0.1, 0.15) is 5.01 Å². The van der Waals surface area contributed by atoms with E-state index in [4.69, 9.17) is 16.6 Å². The van der Waals surface area contributed by atoms with Crippen LogP contribution in [0.2, 0.25) is 5.02 Å². The van der Waals surface area contributed by atoms with E-state index in [9.17, 15) is 4.79 Å². The Morgan fingerprint density at radius 1 is 0.968 bits per heavy atom. The van der Waals surface area contributed by atoms with Gasteiger partial charge >= 0.3 is 0 Å². The number of nitrogens with zero attached hydrogens (tertiary/aromatic N) is 1. The third-order valence-corrected chi connectivity index (χ3v) is 6.24. The van der Waals surface area contributed by atoms with Crippen LogP contribution in [-0.4, -0.2) is 10.9 Å². The highest BCUT2D eigenvalue weighted by Crippen LogP contribution is 2.33. The topological polar surface area (TPSA) is 42.0 Å². The van der Waals surface area contributed by atoms with Gasteiger partial charge in [-0.1, -0.05) is 74.8 Å². The first-order chi connectivity index (χ1) is 14.8. The molecule has 1 aromatic heterocycles. The fourth-order valence-corrected chi connectivity index (χ4v) is 4.40. The van der Waals surface area contributed by atoms with Crippen LogP contribution in [0.4, 0.5) is 5.69 Å². The number of amides is 1. The Labute approximate surface area is 191 Å². The zero-order valence-corrected chi connectivity index (χ0v) is 19.2. The van der Waals surface area contributed by atoms with Crippen molar-refractivity contribution in [3.8, 4) is 21.8 Å². The average molecular weight is 447 g/mol. The molecule has 0 fully saturated rings. The van der Waals surface area contributed by atoms with Gasteiger partial charge in [-0.15, -0.1) is 11.3 Å². The Morgan fingerprint density at radius 2 is 1.71 bits per heavy atom. The van der Waals surface area contributed by atoms with Crippen molar-refractivity contribution in [3.63, 3.8) is 0 Å². The summed E-state index contributed by atoms with van der Waals surface area (Å²) < 4.78 is 0. The monoisotopic (exact) mass is 446 g/mol. The van der Waals surface area contributed by atoms with E-state index in [1.807, 2.05) is 78.2 Å². The second kappa shape index (κ2) is 8.66. The van der Waals surface area contributed by atoms with Crippen LogP contribution in [0, 0.1) is 0 Å². The van der Waals surface area contributed by atoms with E-state index in [1.165, 1.54) is 5.56 Å². The molecular formula is C26H23ClN2OS. The summed E-state index contributed by atoms with van der Waals surface area (Å²) >= 11 is 7.86. The SMILES string of the molecule is CC(C)(C)c1ccc(C(=O)Nc2cccc(-c3csc(-c4ccccc4Cl)n3)c2)cc1. The van der Waals surface area contributed by atoms with Crippen LogP contribution < -0.4 is 5.32 Å².